The molecule has 0 saturated carbocycles. The van der Waals surface area contributed by atoms with Crippen LogP contribution in [-0.2, 0) is 30.6 Å². The van der Waals surface area contributed by atoms with Crippen LogP contribution < -0.4 is 0 Å². The van der Waals surface area contributed by atoms with Crippen LogP contribution in [0.4, 0.5) is 0 Å². The second-order valence-electron chi connectivity index (χ2n) is 5.62. The summed E-state index contributed by atoms with van der Waals surface area (Å²) in [5.74, 6) is -1.45. The van der Waals surface area contributed by atoms with E-state index in [-0.39, 0.29) is 30.4 Å². The van der Waals surface area contributed by atoms with E-state index < -0.39 is 27.6 Å². The van der Waals surface area contributed by atoms with Gasteiger partial charge in [-0.15, -0.1) is 0 Å². The van der Waals surface area contributed by atoms with E-state index in [1.165, 1.54) is 24.1 Å². The molecule has 1 aromatic carbocycles. The molecule has 0 aliphatic heterocycles. The maximum Gasteiger partial charge on any atom is 0.323 e. The molecule has 1 N–H and O–H groups in total. The van der Waals surface area contributed by atoms with Gasteiger partial charge in [-0.2, -0.15) is 0 Å². The van der Waals surface area contributed by atoms with Crippen molar-refractivity contribution in [3.05, 3.63) is 29.8 Å². The SMILES string of the molecule is COCCN(CC(=O)O)C(=O)Cc1ccc(S(=O)(=O)C(C)C)cc1. The Labute approximate surface area is 142 Å². The summed E-state index contributed by atoms with van der Waals surface area (Å²) in [5, 5.41) is 8.35. The van der Waals surface area contributed by atoms with Crippen LogP contribution in [0.3, 0.4) is 0 Å². The van der Waals surface area contributed by atoms with Crippen molar-refractivity contribution in [2.45, 2.75) is 30.4 Å². The Hall–Kier alpha value is -1.93. The molecule has 0 aromatic heterocycles. The number of hydrogen-bond donors (Lipinski definition) is 1. The molecular weight excluding hydrogens is 334 g/mol. The van der Waals surface area contributed by atoms with Gasteiger partial charge in [-0.05, 0) is 31.5 Å². The molecule has 0 heterocycles. The Balaban J connectivity index is 2.83. The van der Waals surface area contributed by atoms with Gasteiger partial charge in [-0.25, -0.2) is 8.42 Å². The highest BCUT2D eigenvalue weighted by molar-refractivity contribution is 7.92. The third-order valence-corrected chi connectivity index (χ3v) is 5.64. The quantitative estimate of drug-likeness (QED) is 0.707. The molecule has 0 aliphatic carbocycles. The van der Waals surface area contributed by atoms with Gasteiger partial charge < -0.3 is 14.7 Å². The topological polar surface area (TPSA) is 101 Å². The molecule has 134 valence electrons. The minimum atomic E-state index is -3.36. The van der Waals surface area contributed by atoms with Crippen LogP contribution in [0.15, 0.2) is 29.2 Å². The monoisotopic (exact) mass is 357 g/mol. The van der Waals surface area contributed by atoms with Gasteiger partial charge >= 0.3 is 5.97 Å². The van der Waals surface area contributed by atoms with E-state index >= 15 is 0 Å². The number of aliphatic carboxylic acids is 1. The Morgan fingerprint density at radius 3 is 2.25 bits per heavy atom. The summed E-state index contributed by atoms with van der Waals surface area (Å²) in [6.45, 7) is 3.23. The van der Waals surface area contributed by atoms with Gasteiger partial charge in [0, 0.05) is 13.7 Å². The fraction of sp³-hybridized carbons (Fsp3) is 0.500. The zero-order chi connectivity index (χ0) is 18.3. The first-order chi connectivity index (χ1) is 11.2. The predicted octanol–water partition coefficient (Wildman–Crippen LogP) is 0.971. The summed E-state index contributed by atoms with van der Waals surface area (Å²) in [6, 6.07) is 6.08. The van der Waals surface area contributed by atoms with Crippen LogP contribution in [0.25, 0.3) is 0 Å². The second kappa shape index (κ2) is 8.79. The zero-order valence-corrected chi connectivity index (χ0v) is 14.9. The Morgan fingerprint density at radius 1 is 1.21 bits per heavy atom. The lowest BCUT2D eigenvalue weighted by Crippen LogP contribution is -2.38. The van der Waals surface area contributed by atoms with Gasteiger partial charge in [0.2, 0.25) is 5.91 Å². The second-order valence-corrected chi connectivity index (χ2v) is 8.12. The lowest BCUT2D eigenvalue weighted by atomic mass is 10.1. The highest BCUT2D eigenvalue weighted by atomic mass is 32.2. The van der Waals surface area contributed by atoms with Crippen molar-refractivity contribution in [2.24, 2.45) is 0 Å². The number of amides is 1. The van der Waals surface area contributed by atoms with Crippen LogP contribution >= 0.6 is 0 Å². The van der Waals surface area contributed by atoms with Crippen molar-refractivity contribution in [2.75, 3.05) is 26.8 Å². The molecule has 0 bridgehead atoms. The molecule has 0 radical (unpaired) electrons. The number of hydrogen-bond acceptors (Lipinski definition) is 5. The zero-order valence-electron chi connectivity index (χ0n) is 14.1. The van der Waals surface area contributed by atoms with E-state index in [1.54, 1.807) is 26.0 Å². The number of benzene rings is 1. The normalized spacial score (nSPS) is 11.5. The number of rotatable bonds is 9. The van der Waals surface area contributed by atoms with Crippen LogP contribution in [0.5, 0.6) is 0 Å². The number of carbonyl (C=O) groups is 2. The molecule has 0 saturated heterocycles. The summed E-state index contributed by atoms with van der Waals surface area (Å²) in [5.41, 5.74) is 0.621. The number of carbonyl (C=O) groups excluding carboxylic acids is 1. The summed E-state index contributed by atoms with van der Waals surface area (Å²) < 4.78 is 29.0. The number of ether oxygens (including phenoxy) is 1. The molecule has 24 heavy (non-hydrogen) atoms. The van der Waals surface area contributed by atoms with E-state index in [9.17, 15) is 18.0 Å². The van der Waals surface area contributed by atoms with Crippen molar-refractivity contribution in [1.82, 2.24) is 4.90 Å². The third kappa shape index (κ3) is 5.61. The standard InChI is InChI=1S/C16H23NO6S/c1-12(2)24(21,22)14-6-4-13(5-7-14)10-15(18)17(8-9-23-3)11-16(19)20/h4-7,12H,8-11H2,1-3H3,(H,19,20). The summed E-state index contributed by atoms with van der Waals surface area (Å²) in [6.07, 6.45) is -0.000992. The molecule has 0 fully saturated rings. The largest absolute Gasteiger partial charge is 0.480 e. The maximum atomic E-state index is 12.2. The molecule has 0 atom stereocenters. The van der Waals surface area contributed by atoms with E-state index in [0.717, 1.165) is 0 Å². The van der Waals surface area contributed by atoms with Crippen LogP contribution in [0.1, 0.15) is 19.4 Å². The van der Waals surface area contributed by atoms with Crippen molar-refractivity contribution in [3.8, 4) is 0 Å². The fourth-order valence-corrected chi connectivity index (χ4v) is 3.07. The third-order valence-electron chi connectivity index (χ3n) is 3.47. The van der Waals surface area contributed by atoms with Crippen LogP contribution in [-0.4, -0.2) is 62.4 Å². The average molecular weight is 357 g/mol. The number of methoxy groups -OCH3 is 1. The summed E-state index contributed by atoms with van der Waals surface area (Å²) in [4.78, 5) is 24.5. The number of carboxylic acids is 1. The van der Waals surface area contributed by atoms with Gasteiger partial charge in [0.05, 0.1) is 23.2 Å². The molecule has 0 aliphatic rings. The number of carboxylic acid groups (broad SMARTS) is 1. The highest BCUT2D eigenvalue weighted by Gasteiger charge is 2.20. The molecule has 0 spiro atoms. The van der Waals surface area contributed by atoms with Crippen molar-refractivity contribution in [1.29, 1.82) is 0 Å². The van der Waals surface area contributed by atoms with E-state index in [2.05, 4.69) is 0 Å². The molecule has 1 amide bonds. The molecule has 1 aromatic rings. The van der Waals surface area contributed by atoms with Gasteiger partial charge in [-0.3, -0.25) is 9.59 Å². The minimum Gasteiger partial charge on any atom is -0.480 e. The van der Waals surface area contributed by atoms with Crippen molar-refractivity contribution in [3.63, 3.8) is 0 Å². The first-order valence-corrected chi connectivity index (χ1v) is 9.04. The molecule has 8 heteroatoms. The fourth-order valence-electron chi connectivity index (χ4n) is 2.01. The van der Waals surface area contributed by atoms with E-state index in [0.29, 0.717) is 5.56 Å². The lowest BCUT2D eigenvalue weighted by molar-refractivity contribution is -0.144. The van der Waals surface area contributed by atoms with Crippen molar-refractivity contribution >= 4 is 21.7 Å². The van der Waals surface area contributed by atoms with Crippen LogP contribution in [0, 0.1) is 0 Å². The van der Waals surface area contributed by atoms with Gasteiger partial charge in [0.15, 0.2) is 9.84 Å². The summed E-state index contributed by atoms with van der Waals surface area (Å²) in [7, 11) is -1.89. The number of sulfone groups is 1. The maximum absolute atomic E-state index is 12.2. The Kier molecular flexibility index (Phi) is 7.37. The Bertz CT molecular complexity index is 666. The van der Waals surface area contributed by atoms with Crippen molar-refractivity contribution < 1.29 is 27.9 Å². The minimum absolute atomic E-state index is 0.000992. The first-order valence-electron chi connectivity index (χ1n) is 7.49. The first kappa shape index (κ1) is 20.1. The molecule has 0 unspecified atom stereocenters. The van der Waals surface area contributed by atoms with Crippen LogP contribution in [0.2, 0.25) is 0 Å². The highest BCUT2D eigenvalue weighted by Crippen LogP contribution is 2.17. The smallest absolute Gasteiger partial charge is 0.323 e. The van der Waals surface area contributed by atoms with Gasteiger partial charge in [0.25, 0.3) is 0 Å². The van der Waals surface area contributed by atoms with Gasteiger partial charge in [-0.1, -0.05) is 12.1 Å². The molecule has 1 rings (SSSR count). The lowest BCUT2D eigenvalue weighted by Gasteiger charge is -2.20. The molecular formula is C16H23NO6S. The Morgan fingerprint density at radius 2 is 1.79 bits per heavy atom. The molecule has 7 nitrogen and oxygen atoms in total. The predicted molar refractivity (Wildman–Crippen MR) is 88.6 cm³/mol. The van der Waals surface area contributed by atoms with Gasteiger partial charge in [0.1, 0.15) is 6.54 Å². The number of nitrogens with zero attached hydrogens (tertiary/aromatic N) is 1. The van der Waals surface area contributed by atoms with E-state index in [1.807, 2.05) is 0 Å². The average Bonchev–Trinajstić information content (AvgIpc) is 2.51. The van der Waals surface area contributed by atoms with E-state index in [4.69, 9.17) is 9.84 Å². The summed E-state index contributed by atoms with van der Waals surface area (Å²) >= 11 is 0.